The smallest absolute Gasteiger partial charge is 0.0518 e. The summed E-state index contributed by atoms with van der Waals surface area (Å²) in [5, 5.41) is 3.54. The normalized spacial score (nSPS) is 20.2. The Hall–Kier alpha value is -0.0800. The summed E-state index contributed by atoms with van der Waals surface area (Å²) < 4.78 is 5.72. The molecule has 0 radical (unpaired) electrons. The maximum Gasteiger partial charge on any atom is 0.0518 e. The van der Waals surface area contributed by atoms with Gasteiger partial charge in [0.2, 0.25) is 0 Å². The molecule has 2 heteroatoms. The highest BCUT2D eigenvalue weighted by Gasteiger charge is 2.31. The predicted molar refractivity (Wildman–Crippen MR) is 69.8 cm³/mol. The Labute approximate surface area is 101 Å². The summed E-state index contributed by atoms with van der Waals surface area (Å²) >= 11 is 0. The zero-order valence-electron chi connectivity index (χ0n) is 11.3. The van der Waals surface area contributed by atoms with E-state index in [9.17, 15) is 0 Å². The highest BCUT2D eigenvalue weighted by atomic mass is 16.5. The Kier molecular flexibility index (Phi) is 6.37. The molecule has 0 aromatic carbocycles. The van der Waals surface area contributed by atoms with Crippen LogP contribution in [0.3, 0.4) is 0 Å². The van der Waals surface area contributed by atoms with Gasteiger partial charge in [0.15, 0.2) is 0 Å². The number of hydrogen-bond acceptors (Lipinski definition) is 2. The Morgan fingerprint density at radius 3 is 2.44 bits per heavy atom. The van der Waals surface area contributed by atoms with Gasteiger partial charge in [-0.05, 0) is 45.1 Å². The van der Waals surface area contributed by atoms with Gasteiger partial charge in [-0.25, -0.2) is 0 Å². The van der Waals surface area contributed by atoms with Gasteiger partial charge in [-0.1, -0.05) is 26.2 Å². The molecule has 0 atom stereocenters. The van der Waals surface area contributed by atoms with Crippen LogP contribution in [0.2, 0.25) is 0 Å². The lowest BCUT2D eigenvalue weighted by atomic mass is 9.72. The average molecular weight is 227 g/mol. The van der Waals surface area contributed by atoms with Crippen LogP contribution < -0.4 is 5.32 Å². The van der Waals surface area contributed by atoms with Crippen LogP contribution in [0.4, 0.5) is 0 Å². The summed E-state index contributed by atoms with van der Waals surface area (Å²) in [5.74, 6) is 0. The van der Waals surface area contributed by atoms with Gasteiger partial charge in [0.25, 0.3) is 0 Å². The maximum absolute atomic E-state index is 5.72. The Balaban J connectivity index is 2.36. The fourth-order valence-electron chi connectivity index (χ4n) is 2.72. The van der Waals surface area contributed by atoms with Gasteiger partial charge in [-0.2, -0.15) is 0 Å². The molecular weight excluding hydrogens is 198 g/mol. The molecule has 1 rings (SSSR count). The number of nitrogens with one attached hydrogen (secondary N) is 1. The van der Waals surface area contributed by atoms with E-state index in [1.165, 1.54) is 45.1 Å². The molecule has 0 aliphatic heterocycles. The van der Waals surface area contributed by atoms with Crippen LogP contribution in [-0.2, 0) is 4.74 Å². The van der Waals surface area contributed by atoms with Crippen LogP contribution >= 0.6 is 0 Å². The molecule has 0 saturated heterocycles. The van der Waals surface area contributed by atoms with E-state index < -0.39 is 0 Å². The monoisotopic (exact) mass is 227 g/mol. The van der Waals surface area contributed by atoms with Crippen molar-refractivity contribution >= 4 is 0 Å². The van der Waals surface area contributed by atoms with Gasteiger partial charge in [0.1, 0.15) is 0 Å². The van der Waals surface area contributed by atoms with Crippen LogP contribution in [0.15, 0.2) is 0 Å². The second kappa shape index (κ2) is 7.29. The lowest BCUT2D eigenvalue weighted by Gasteiger charge is -2.37. The first-order valence-electron chi connectivity index (χ1n) is 7.01. The molecule has 1 saturated carbocycles. The van der Waals surface area contributed by atoms with E-state index in [4.69, 9.17) is 4.74 Å². The Bertz CT molecular complexity index is 174. The maximum atomic E-state index is 5.72. The third kappa shape index (κ3) is 4.84. The van der Waals surface area contributed by atoms with Crippen molar-refractivity contribution in [1.29, 1.82) is 0 Å². The molecule has 0 heterocycles. The molecular formula is C14H29NO. The summed E-state index contributed by atoms with van der Waals surface area (Å²) in [7, 11) is 0. The molecule has 0 bridgehead atoms. The first kappa shape index (κ1) is 14.0. The molecule has 96 valence electrons. The van der Waals surface area contributed by atoms with Crippen molar-refractivity contribution in [2.45, 2.75) is 65.4 Å². The summed E-state index contributed by atoms with van der Waals surface area (Å²) in [6.07, 6.45) is 8.64. The van der Waals surface area contributed by atoms with Gasteiger partial charge in [0, 0.05) is 13.2 Å². The van der Waals surface area contributed by atoms with Gasteiger partial charge in [0.05, 0.1) is 6.10 Å². The number of hydrogen-bond donors (Lipinski definition) is 1. The molecule has 0 amide bonds. The summed E-state index contributed by atoms with van der Waals surface area (Å²) in [6, 6.07) is 0. The van der Waals surface area contributed by atoms with Gasteiger partial charge >= 0.3 is 0 Å². The largest absolute Gasteiger partial charge is 0.379 e. The van der Waals surface area contributed by atoms with Gasteiger partial charge in [-0.15, -0.1) is 0 Å². The van der Waals surface area contributed by atoms with E-state index in [0.717, 1.165) is 13.2 Å². The first-order valence-corrected chi connectivity index (χ1v) is 7.01. The van der Waals surface area contributed by atoms with Crippen molar-refractivity contribution in [3.05, 3.63) is 0 Å². The Morgan fingerprint density at radius 1 is 1.19 bits per heavy atom. The molecule has 2 nitrogen and oxygen atoms in total. The van der Waals surface area contributed by atoms with Crippen molar-refractivity contribution in [3.63, 3.8) is 0 Å². The van der Waals surface area contributed by atoms with Crippen LogP contribution in [-0.4, -0.2) is 25.8 Å². The zero-order chi connectivity index (χ0) is 11.9. The van der Waals surface area contributed by atoms with Crippen LogP contribution in [0.1, 0.15) is 59.3 Å². The van der Waals surface area contributed by atoms with Crippen molar-refractivity contribution in [1.82, 2.24) is 5.32 Å². The summed E-state index contributed by atoms with van der Waals surface area (Å²) in [6.45, 7) is 9.65. The second-order valence-corrected chi connectivity index (χ2v) is 5.51. The van der Waals surface area contributed by atoms with Crippen LogP contribution in [0, 0.1) is 5.41 Å². The van der Waals surface area contributed by atoms with Crippen molar-refractivity contribution < 1.29 is 4.74 Å². The molecule has 0 aromatic rings. The number of rotatable bonds is 7. The van der Waals surface area contributed by atoms with E-state index in [1.54, 1.807) is 0 Å². The minimum atomic E-state index is 0.375. The quantitative estimate of drug-likeness (QED) is 0.720. The number of ether oxygens (including phenoxy) is 1. The third-order valence-electron chi connectivity index (χ3n) is 3.75. The summed E-state index contributed by atoms with van der Waals surface area (Å²) in [4.78, 5) is 0. The predicted octanol–water partition coefficient (Wildman–Crippen LogP) is 3.36. The lowest BCUT2D eigenvalue weighted by molar-refractivity contribution is 0.0390. The van der Waals surface area contributed by atoms with Crippen LogP contribution in [0.25, 0.3) is 0 Å². The first-order chi connectivity index (χ1) is 7.68. The molecule has 1 N–H and O–H groups in total. The van der Waals surface area contributed by atoms with Crippen molar-refractivity contribution in [3.8, 4) is 0 Å². The van der Waals surface area contributed by atoms with Gasteiger partial charge < -0.3 is 10.1 Å². The second-order valence-electron chi connectivity index (χ2n) is 5.51. The molecule has 1 aliphatic rings. The van der Waals surface area contributed by atoms with E-state index in [0.29, 0.717) is 11.5 Å². The summed E-state index contributed by atoms with van der Waals surface area (Å²) in [5.41, 5.74) is 0.531. The molecule has 0 aromatic heterocycles. The molecule has 1 fully saturated rings. The Morgan fingerprint density at radius 2 is 1.88 bits per heavy atom. The fraction of sp³-hybridized carbons (Fsp3) is 1.00. The van der Waals surface area contributed by atoms with E-state index in [-0.39, 0.29) is 0 Å². The minimum Gasteiger partial charge on any atom is -0.379 e. The van der Waals surface area contributed by atoms with E-state index in [1.807, 2.05) is 0 Å². The third-order valence-corrected chi connectivity index (χ3v) is 3.75. The molecule has 0 unspecified atom stereocenters. The molecule has 1 aliphatic carbocycles. The van der Waals surface area contributed by atoms with E-state index >= 15 is 0 Å². The zero-order valence-corrected chi connectivity index (χ0v) is 11.3. The highest BCUT2D eigenvalue weighted by Crippen LogP contribution is 2.38. The standard InChI is InChI=1S/C14H29NO/c1-4-15-12-14(8-6-5-7-9-14)10-11-16-13(2)3/h13,15H,4-12H2,1-3H3. The van der Waals surface area contributed by atoms with E-state index in [2.05, 4.69) is 26.1 Å². The average Bonchev–Trinajstić information content (AvgIpc) is 2.27. The van der Waals surface area contributed by atoms with Crippen molar-refractivity contribution in [2.75, 3.05) is 19.7 Å². The SMILES string of the molecule is CCNCC1(CCOC(C)C)CCCCC1. The van der Waals surface area contributed by atoms with Crippen molar-refractivity contribution in [2.24, 2.45) is 5.41 Å². The lowest BCUT2D eigenvalue weighted by Crippen LogP contribution is -2.37. The fourth-order valence-corrected chi connectivity index (χ4v) is 2.72. The topological polar surface area (TPSA) is 21.3 Å². The molecule has 16 heavy (non-hydrogen) atoms. The highest BCUT2D eigenvalue weighted by molar-refractivity contribution is 4.84. The van der Waals surface area contributed by atoms with Gasteiger partial charge in [-0.3, -0.25) is 0 Å². The molecule has 0 spiro atoms. The van der Waals surface area contributed by atoms with Crippen LogP contribution in [0.5, 0.6) is 0 Å². The minimum absolute atomic E-state index is 0.375.